The third-order valence-electron chi connectivity index (χ3n) is 4.66. The van der Waals surface area contributed by atoms with Crippen LogP contribution in [0.15, 0.2) is 48.8 Å². The number of carbonyl (C=O) groups is 1. The van der Waals surface area contributed by atoms with Gasteiger partial charge in [0.25, 0.3) is 0 Å². The second kappa shape index (κ2) is 7.90. The van der Waals surface area contributed by atoms with Gasteiger partial charge < -0.3 is 19.9 Å². The largest absolute Gasteiger partial charge is 0.508 e. The third-order valence-corrected chi connectivity index (χ3v) is 4.66. The lowest BCUT2D eigenvalue weighted by atomic mass is 9.89. The molecule has 2 heterocycles. The molecule has 1 aliphatic heterocycles. The zero-order valence-corrected chi connectivity index (χ0v) is 13.9. The number of phenolic OH excluding ortho intramolecular Hbond substituents is 1. The zero-order chi connectivity index (χ0) is 16.8. The number of likely N-dealkylation sites (tertiary alicyclic amines) is 1. The molecular weight excluding hydrogens is 302 g/mol. The number of amides is 2. The minimum Gasteiger partial charge on any atom is -0.508 e. The predicted octanol–water partition coefficient (Wildman–Crippen LogP) is 3.17. The van der Waals surface area contributed by atoms with Gasteiger partial charge in [0.15, 0.2) is 0 Å². The number of aromatic nitrogens is 1. The molecule has 0 unspecified atom stereocenters. The van der Waals surface area contributed by atoms with Crippen LogP contribution in [0.2, 0.25) is 0 Å². The number of nitrogens with zero attached hydrogens (tertiary/aromatic N) is 2. The third kappa shape index (κ3) is 4.31. The molecule has 1 aromatic carbocycles. The number of nitrogens with one attached hydrogen (secondary N) is 1. The predicted molar refractivity (Wildman–Crippen MR) is 94.1 cm³/mol. The first kappa shape index (κ1) is 16.4. The van der Waals surface area contributed by atoms with Crippen LogP contribution in [0.4, 0.5) is 4.79 Å². The Morgan fingerprint density at radius 2 is 1.92 bits per heavy atom. The summed E-state index contributed by atoms with van der Waals surface area (Å²) in [5.74, 6) is 0.741. The van der Waals surface area contributed by atoms with E-state index < -0.39 is 0 Å². The van der Waals surface area contributed by atoms with E-state index >= 15 is 0 Å². The Balaban J connectivity index is 1.38. The van der Waals surface area contributed by atoms with Crippen LogP contribution in [0, 0.1) is 0 Å². The van der Waals surface area contributed by atoms with Crippen molar-refractivity contribution in [3.05, 3.63) is 54.4 Å². The molecular formula is C19H25N3O2. The first-order valence-electron chi connectivity index (χ1n) is 8.65. The highest BCUT2D eigenvalue weighted by Gasteiger charge is 2.23. The maximum absolute atomic E-state index is 12.2. The summed E-state index contributed by atoms with van der Waals surface area (Å²) in [6.07, 6.45) is 6.89. The molecule has 1 aliphatic rings. The number of phenols is 1. The molecule has 0 aliphatic carbocycles. The number of piperidine rings is 1. The lowest BCUT2D eigenvalue weighted by Crippen LogP contribution is -2.44. The number of hydrogen-bond acceptors (Lipinski definition) is 2. The molecule has 0 spiro atoms. The number of urea groups is 1. The normalized spacial score (nSPS) is 15.4. The Hall–Kier alpha value is -2.43. The topological polar surface area (TPSA) is 57.5 Å². The second-order valence-electron chi connectivity index (χ2n) is 6.36. The lowest BCUT2D eigenvalue weighted by Gasteiger charge is -2.32. The van der Waals surface area contributed by atoms with Crippen LogP contribution in [0.25, 0.3) is 0 Å². The van der Waals surface area contributed by atoms with Crippen molar-refractivity contribution < 1.29 is 9.90 Å². The van der Waals surface area contributed by atoms with Gasteiger partial charge in [0.05, 0.1) is 0 Å². The fourth-order valence-corrected chi connectivity index (χ4v) is 3.28. The minimum absolute atomic E-state index is 0.0388. The van der Waals surface area contributed by atoms with Crippen LogP contribution in [0.3, 0.4) is 0 Å². The van der Waals surface area contributed by atoms with Crippen LogP contribution in [0.5, 0.6) is 5.75 Å². The zero-order valence-electron chi connectivity index (χ0n) is 13.9. The summed E-state index contributed by atoms with van der Waals surface area (Å²) in [6.45, 7) is 3.16. The highest BCUT2D eigenvalue weighted by Crippen LogP contribution is 2.29. The van der Waals surface area contributed by atoms with Crippen LogP contribution >= 0.6 is 0 Å². The Labute approximate surface area is 142 Å². The Bertz CT molecular complexity index is 646. The Morgan fingerprint density at radius 3 is 2.62 bits per heavy atom. The molecule has 0 atom stereocenters. The van der Waals surface area contributed by atoms with E-state index in [1.807, 2.05) is 41.6 Å². The molecule has 2 aromatic rings. The summed E-state index contributed by atoms with van der Waals surface area (Å²) < 4.78 is 2.12. The quantitative estimate of drug-likeness (QED) is 0.829. The van der Waals surface area contributed by atoms with Gasteiger partial charge in [0.2, 0.25) is 0 Å². The number of benzene rings is 1. The molecule has 2 N–H and O–H groups in total. The van der Waals surface area contributed by atoms with E-state index in [0.29, 0.717) is 18.2 Å². The number of aromatic hydroxyl groups is 1. The van der Waals surface area contributed by atoms with E-state index in [2.05, 4.69) is 16.0 Å². The van der Waals surface area contributed by atoms with Crippen molar-refractivity contribution in [2.24, 2.45) is 0 Å². The first-order valence-corrected chi connectivity index (χ1v) is 8.65. The number of hydrogen-bond donors (Lipinski definition) is 2. The van der Waals surface area contributed by atoms with Crippen LogP contribution < -0.4 is 5.32 Å². The molecule has 5 nitrogen and oxygen atoms in total. The van der Waals surface area contributed by atoms with Gasteiger partial charge in [-0.3, -0.25) is 0 Å². The average Bonchev–Trinajstić information content (AvgIpc) is 3.12. The SMILES string of the molecule is O=C(NCCCn1cccc1)N1CCC(c2cccc(O)c2)CC1. The van der Waals surface area contributed by atoms with Crippen molar-refractivity contribution in [2.75, 3.05) is 19.6 Å². The van der Waals surface area contributed by atoms with Crippen molar-refractivity contribution in [3.63, 3.8) is 0 Å². The van der Waals surface area contributed by atoms with Crippen molar-refractivity contribution in [2.45, 2.75) is 31.7 Å². The molecule has 3 rings (SSSR count). The molecule has 5 heteroatoms. The summed E-state index contributed by atoms with van der Waals surface area (Å²) in [5.41, 5.74) is 1.17. The van der Waals surface area contributed by atoms with E-state index in [9.17, 15) is 9.90 Å². The summed E-state index contributed by atoms with van der Waals surface area (Å²) in [5, 5.41) is 12.6. The number of carbonyl (C=O) groups excluding carboxylic acids is 1. The van der Waals surface area contributed by atoms with E-state index in [0.717, 1.165) is 38.9 Å². The van der Waals surface area contributed by atoms with E-state index in [1.165, 1.54) is 5.56 Å². The van der Waals surface area contributed by atoms with E-state index in [4.69, 9.17) is 0 Å². The highest BCUT2D eigenvalue weighted by molar-refractivity contribution is 5.74. The summed E-state index contributed by atoms with van der Waals surface area (Å²) in [6, 6.07) is 11.5. The van der Waals surface area contributed by atoms with Gasteiger partial charge in [-0.25, -0.2) is 4.79 Å². The van der Waals surface area contributed by atoms with Crippen LogP contribution in [-0.4, -0.2) is 40.2 Å². The van der Waals surface area contributed by atoms with Gasteiger partial charge in [-0.05, 0) is 55.0 Å². The minimum atomic E-state index is 0.0388. The average molecular weight is 327 g/mol. The molecule has 0 saturated carbocycles. The van der Waals surface area contributed by atoms with Gasteiger partial charge in [-0.2, -0.15) is 0 Å². The van der Waals surface area contributed by atoms with Crippen molar-refractivity contribution in [1.82, 2.24) is 14.8 Å². The molecule has 1 fully saturated rings. The van der Waals surface area contributed by atoms with Crippen molar-refractivity contribution >= 4 is 6.03 Å². The van der Waals surface area contributed by atoms with E-state index in [1.54, 1.807) is 6.07 Å². The second-order valence-corrected chi connectivity index (χ2v) is 6.36. The molecule has 1 aromatic heterocycles. The fourth-order valence-electron chi connectivity index (χ4n) is 3.28. The number of rotatable bonds is 5. The van der Waals surface area contributed by atoms with Gasteiger partial charge in [0.1, 0.15) is 5.75 Å². The summed E-state index contributed by atoms with van der Waals surface area (Å²) in [4.78, 5) is 14.1. The number of aryl methyl sites for hydroxylation is 1. The molecule has 0 radical (unpaired) electrons. The van der Waals surface area contributed by atoms with Gasteiger partial charge in [-0.15, -0.1) is 0 Å². The molecule has 24 heavy (non-hydrogen) atoms. The van der Waals surface area contributed by atoms with Crippen LogP contribution in [-0.2, 0) is 6.54 Å². The van der Waals surface area contributed by atoms with Crippen molar-refractivity contribution in [3.8, 4) is 5.75 Å². The highest BCUT2D eigenvalue weighted by atomic mass is 16.3. The van der Waals surface area contributed by atoms with Gasteiger partial charge in [0, 0.05) is 38.6 Å². The summed E-state index contributed by atoms with van der Waals surface area (Å²) >= 11 is 0. The maximum atomic E-state index is 12.2. The standard InChI is InChI=1S/C19H25N3O2/c23-18-6-3-5-17(15-18)16-7-13-22(14-8-16)19(24)20-9-4-12-21-10-1-2-11-21/h1-3,5-6,10-11,15-16,23H,4,7-9,12-14H2,(H,20,24). The molecule has 2 amide bonds. The Kier molecular flexibility index (Phi) is 5.41. The van der Waals surface area contributed by atoms with E-state index in [-0.39, 0.29) is 6.03 Å². The molecule has 0 bridgehead atoms. The smallest absolute Gasteiger partial charge is 0.317 e. The lowest BCUT2D eigenvalue weighted by molar-refractivity contribution is 0.181. The Morgan fingerprint density at radius 1 is 1.17 bits per heavy atom. The summed E-state index contributed by atoms with van der Waals surface area (Å²) in [7, 11) is 0. The fraction of sp³-hybridized carbons (Fsp3) is 0.421. The van der Waals surface area contributed by atoms with Gasteiger partial charge in [-0.1, -0.05) is 12.1 Å². The monoisotopic (exact) mass is 327 g/mol. The van der Waals surface area contributed by atoms with Crippen LogP contribution in [0.1, 0.15) is 30.7 Å². The molecule has 128 valence electrons. The molecule has 1 saturated heterocycles. The van der Waals surface area contributed by atoms with Gasteiger partial charge >= 0.3 is 6.03 Å². The van der Waals surface area contributed by atoms with Crippen molar-refractivity contribution in [1.29, 1.82) is 0 Å². The first-order chi connectivity index (χ1) is 11.7. The maximum Gasteiger partial charge on any atom is 0.317 e.